The number of halogens is 2. The van der Waals surface area contributed by atoms with Gasteiger partial charge in [0.2, 0.25) is 0 Å². The van der Waals surface area contributed by atoms with Crippen LogP contribution < -0.4 is 4.74 Å². The maximum atomic E-state index is 12.5. The minimum atomic E-state index is -0.179. The van der Waals surface area contributed by atoms with Crippen molar-refractivity contribution in [2.45, 2.75) is 6.42 Å². The standard InChI is InChI=1S/C16H12Cl2O2/c17-12-3-1-10(2-4-12)7-11-9-20-15-6-5-13(18)8-14(15)16(11)19/h1-6,8,11H,7,9H2. The molecule has 0 saturated carbocycles. The average Bonchev–Trinajstić information content (AvgIpc) is 2.45. The smallest absolute Gasteiger partial charge is 0.173 e. The summed E-state index contributed by atoms with van der Waals surface area (Å²) in [5, 5.41) is 1.24. The zero-order valence-corrected chi connectivity index (χ0v) is 12.1. The Kier molecular flexibility index (Phi) is 3.68. The Balaban J connectivity index is 1.83. The summed E-state index contributed by atoms with van der Waals surface area (Å²) in [4.78, 5) is 12.5. The maximum absolute atomic E-state index is 12.5. The van der Waals surface area contributed by atoms with Crippen LogP contribution in [0.2, 0.25) is 10.0 Å². The fraction of sp³-hybridized carbons (Fsp3) is 0.188. The van der Waals surface area contributed by atoms with Gasteiger partial charge in [0, 0.05) is 10.0 Å². The van der Waals surface area contributed by atoms with Crippen LogP contribution in [0.3, 0.4) is 0 Å². The van der Waals surface area contributed by atoms with Gasteiger partial charge in [-0.25, -0.2) is 0 Å². The third-order valence-electron chi connectivity index (χ3n) is 3.41. The van der Waals surface area contributed by atoms with E-state index < -0.39 is 0 Å². The molecule has 0 N–H and O–H groups in total. The van der Waals surface area contributed by atoms with Crippen molar-refractivity contribution in [1.29, 1.82) is 0 Å². The number of ketones is 1. The first kappa shape index (κ1) is 13.5. The average molecular weight is 307 g/mol. The zero-order chi connectivity index (χ0) is 14.1. The van der Waals surface area contributed by atoms with Crippen molar-refractivity contribution >= 4 is 29.0 Å². The zero-order valence-electron chi connectivity index (χ0n) is 10.6. The van der Waals surface area contributed by atoms with Crippen molar-refractivity contribution < 1.29 is 9.53 Å². The molecule has 102 valence electrons. The van der Waals surface area contributed by atoms with Crippen molar-refractivity contribution in [2.75, 3.05) is 6.61 Å². The predicted octanol–water partition coefficient (Wildman–Crippen LogP) is 4.43. The molecule has 0 amide bonds. The third kappa shape index (κ3) is 2.67. The lowest BCUT2D eigenvalue weighted by molar-refractivity contribution is 0.0830. The van der Waals surface area contributed by atoms with Gasteiger partial charge in [-0.1, -0.05) is 35.3 Å². The van der Waals surface area contributed by atoms with Gasteiger partial charge in [0.1, 0.15) is 5.75 Å². The van der Waals surface area contributed by atoms with Crippen LogP contribution in [-0.4, -0.2) is 12.4 Å². The van der Waals surface area contributed by atoms with E-state index >= 15 is 0 Å². The van der Waals surface area contributed by atoms with Gasteiger partial charge in [-0.3, -0.25) is 4.79 Å². The number of hydrogen-bond acceptors (Lipinski definition) is 2. The largest absolute Gasteiger partial charge is 0.492 e. The van der Waals surface area contributed by atoms with E-state index in [0.29, 0.717) is 34.4 Å². The quantitative estimate of drug-likeness (QED) is 0.820. The van der Waals surface area contributed by atoms with Crippen LogP contribution in [-0.2, 0) is 6.42 Å². The second-order valence-corrected chi connectivity index (χ2v) is 5.72. The number of benzene rings is 2. The molecule has 3 rings (SSSR count). The SMILES string of the molecule is O=C1c2cc(Cl)ccc2OCC1Cc1ccc(Cl)cc1. The molecular weight excluding hydrogens is 295 g/mol. The highest BCUT2D eigenvalue weighted by Gasteiger charge is 2.29. The summed E-state index contributed by atoms with van der Waals surface area (Å²) in [6, 6.07) is 12.7. The molecule has 2 nitrogen and oxygen atoms in total. The van der Waals surface area contributed by atoms with Gasteiger partial charge < -0.3 is 4.74 Å². The van der Waals surface area contributed by atoms with Crippen LogP contribution in [0.25, 0.3) is 0 Å². The molecule has 1 heterocycles. The second kappa shape index (κ2) is 5.47. The molecule has 0 spiro atoms. The number of fused-ring (bicyclic) bond motifs is 1. The van der Waals surface area contributed by atoms with Crippen LogP contribution in [0.1, 0.15) is 15.9 Å². The van der Waals surface area contributed by atoms with E-state index in [0.717, 1.165) is 5.56 Å². The van der Waals surface area contributed by atoms with Gasteiger partial charge in [-0.05, 0) is 42.3 Å². The molecule has 2 aromatic carbocycles. The first-order chi connectivity index (χ1) is 9.63. The van der Waals surface area contributed by atoms with Crippen LogP contribution in [0.15, 0.2) is 42.5 Å². The molecule has 2 aromatic rings. The highest BCUT2D eigenvalue weighted by atomic mass is 35.5. The molecule has 0 saturated heterocycles. The van der Waals surface area contributed by atoms with Crippen LogP contribution in [0.4, 0.5) is 0 Å². The summed E-state index contributed by atoms with van der Waals surface area (Å²) in [5.74, 6) is 0.526. The first-order valence-electron chi connectivity index (χ1n) is 6.34. The maximum Gasteiger partial charge on any atom is 0.173 e. The Bertz CT molecular complexity index is 650. The summed E-state index contributed by atoms with van der Waals surface area (Å²) in [6.45, 7) is 0.399. The van der Waals surface area contributed by atoms with Crippen LogP contribution in [0.5, 0.6) is 5.75 Å². The summed E-state index contributed by atoms with van der Waals surface area (Å²) >= 11 is 11.8. The molecule has 1 aliphatic rings. The third-order valence-corrected chi connectivity index (χ3v) is 3.90. The summed E-state index contributed by atoms with van der Waals surface area (Å²) in [6.07, 6.45) is 0.641. The van der Waals surface area contributed by atoms with E-state index in [4.69, 9.17) is 27.9 Å². The Morgan fingerprint density at radius 1 is 1.05 bits per heavy atom. The van der Waals surface area contributed by atoms with Crippen LogP contribution >= 0.6 is 23.2 Å². The molecular formula is C16H12Cl2O2. The number of carbonyl (C=O) groups excluding carboxylic acids is 1. The lowest BCUT2D eigenvalue weighted by Crippen LogP contribution is -2.29. The van der Waals surface area contributed by atoms with Gasteiger partial charge in [0.25, 0.3) is 0 Å². The fourth-order valence-corrected chi connectivity index (χ4v) is 2.66. The Hall–Kier alpha value is -1.51. The monoisotopic (exact) mass is 306 g/mol. The van der Waals surface area contributed by atoms with Crippen molar-refractivity contribution in [3.63, 3.8) is 0 Å². The minimum Gasteiger partial charge on any atom is -0.492 e. The predicted molar refractivity (Wildman–Crippen MR) is 79.9 cm³/mol. The molecule has 1 aliphatic heterocycles. The topological polar surface area (TPSA) is 26.3 Å². The Labute approximate surface area is 127 Å². The van der Waals surface area contributed by atoms with Crippen molar-refractivity contribution in [1.82, 2.24) is 0 Å². The minimum absolute atomic E-state index is 0.0868. The van der Waals surface area contributed by atoms with Crippen molar-refractivity contribution in [3.8, 4) is 5.75 Å². The number of hydrogen-bond donors (Lipinski definition) is 0. The highest BCUT2D eigenvalue weighted by molar-refractivity contribution is 6.31. The number of carbonyl (C=O) groups is 1. The molecule has 1 atom stereocenters. The number of ether oxygens (including phenoxy) is 1. The number of rotatable bonds is 2. The van der Waals surface area contributed by atoms with E-state index in [1.54, 1.807) is 18.2 Å². The molecule has 0 radical (unpaired) electrons. The molecule has 0 aliphatic carbocycles. The lowest BCUT2D eigenvalue weighted by Gasteiger charge is -2.24. The van der Waals surface area contributed by atoms with Gasteiger partial charge in [0.05, 0.1) is 18.1 Å². The second-order valence-electron chi connectivity index (χ2n) is 4.84. The summed E-state index contributed by atoms with van der Waals surface area (Å²) < 4.78 is 5.65. The highest BCUT2D eigenvalue weighted by Crippen LogP contribution is 2.31. The summed E-state index contributed by atoms with van der Waals surface area (Å²) in [7, 11) is 0. The van der Waals surface area contributed by atoms with Gasteiger partial charge in [-0.2, -0.15) is 0 Å². The lowest BCUT2D eigenvalue weighted by atomic mass is 9.90. The van der Waals surface area contributed by atoms with E-state index in [2.05, 4.69) is 0 Å². The van der Waals surface area contributed by atoms with Crippen molar-refractivity contribution in [2.24, 2.45) is 5.92 Å². The number of Topliss-reactive ketones (excluding diaryl/α,β-unsaturated/α-hetero) is 1. The Morgan fingerprint density at radius 2 is 1.75 bits per heavy atom. The van der Waals surface area contributed by atoms with E-state index in [9.17, 15) is 4.79 Å². The van der Waals surface area contributed by atoms with Gasteiger partial charge in [0.15, 0.2) is 5.78 Å². The van der Waals surface area contributed by atoms with Crippen molar-refractivity contribution in [3.05, 3.63) is 63.6 Å². The van der Waals surface area contributed by atoms with E-state index in [1.807, 2.05) is 24.3 Å². The van der Waals surface area contributed by atoms with E-state index in [-0.39, 0.29) is 11.7 Å². The van der Waals surface area contributed by atoms with Gasteiger partial charge in [-0.15, -0.1) is 0 Å². The molecule has 0 aromatic heterocycles. The molecule has 20 heavy (non-hydrogen) atoms. The molecule has 4 heteroatoms. The molecule has 1 unspecified atom stereocenters. The summed E-state index contributed by atoms with van der Waals surface area (Å²) in [5.41, 5.74) is 1.64. The van der Waals surface area contributed by atoms with E-state index in [1.165, 1.54) is 0 Å². The first-order valence-corrected chi connectivity index (χ1v) is 7.10. The molecule has 0 fully saturated rings. The molecule has 0 bridgehead atoms. The normalized spacial score (nSPS) is 17.5. The Morgan fingerprint density at radius 3 is 2.50 bits per heavy atom. The fourth-order valence-electron chi connectivity index (χ4n) is 2.36. The van der Waals surface area contributed by atoms with Gasteiger partial charge >= 0.3 is 0 Å². The van der Waals surface area contributed by atoms with Crippen LogP contribution in [0, 0.1) is 5.92 Å².